The number of benzene rings is 1. The molecular weight excluding hydrogens is 260 g/mol. The van der Waals surface area contributed by atoms with E-state index in [9.17, 15) is 15.0 Å². The van der Waals surface area contributed by atoms with Crippen LogP contribution in [0.3, 0.4) is 0 Å². The van der Waals surface area contributed by atoms with Crippen LogP contribution in [0.2, 0.25) is 0 Å². The summed E-state index contributed by atoms with van der Waals surface area (Å²) in [6, 6.07) is 3.97. The Morgan fingerprint density at radius 2 is 2.00 bits per heavy atom. The number of aromatic hydroxyl groups is 2. The average molecular weight is 282 g/mol. The number of ether oxygens (including phenoxy) is 2. The van der Waals surface area contributed by atoms with Gasteiger partial charge in [-0.1, -0.05) is 13.3 Å². The van der Waals surface area contributed by atoms with E-state index >= 15 is 0 Å². The van der Waals surface area contributed by atoms with Crippen LogP contribution in [0.4, 0.5) is 0 Å². The molecule has 1 aromatic carbocycles. The fraction of sp³-hybridized carbons (Fsp3) is 0.533. The van der Waals surface area contributed by atoms with Crippen LogP contribution in [-0.2, 0) is 14.3 Å². The van der Waals surface area contributed by atoms with Gasteiger partial charge in [-0.05, 0) is 38.5 Å². The summed E-state index contributed by atoms with van der Waals surface area (Å²) < 4.78 is 10.7. The van der Waals surface area contributed by atoms with Crippen molar-refractivity contribution in [3.63, 3.8) is 0 Å². The Hall–Kier alpha value is -1.75. The maximum Gasteiger partial charge on any atom is 0.340 e. The molecule has 0 fully saturated rings. The molecule has 0 aliphatic heterocycles. The summed E-state index contributed by atoms with van der Waals surface area (Å²) in [5, 5.41) is 19.3. The molecule has 0 saturated heterocycles. The third-order valence-corrected chi connectivity index (χ3v) is 2.66. The number of rotatable bonds is 7. The Balaban J connectivity index is 2.93. The zero-order chi connectivity index (χ0) is 15.1. The van der Waals surface area contributed by atoms with Crippen molar-refractivity contribution >= 4 is 5.97 Å². The Kier molecular flexibility index (Phi) is 6.31. The van der Waals surface area contributed by atoms with Gasteiger partial charge in [0.2, 0.25) is 0 Å². The average Bonchev–Trinajstić information content (AvgIpc) is 2.39. The SMILES string of the molecule is CCCCOC(=O)C(OC(C)C)c1cc(O)ccc1O. The van der Waals surface area contributed by atoms with E-state index in [1.54, 1.807) is 13.8 Å². The van der Waals surface area contributed by atoms with Crippen LogP contribution in [0.25, 0.3) is 0 Å². The van der Waals surface area contributed by atoms with Gasteiger partial charge in [0.15, 0.2) is 6.10 Å². The van der Waals surface area contributed by atoms with E-state index in [2.05, 4.69) is 0 Å². The van der Waals surface area contributed by atoms with Gasteiger partial charge in [0.05, 0.1) is 12.7 Å². The standard InChI is InChI=1S/C15H22O5/c1-4-5-8-19-15(18)14(20-10(2)3)12-9-11(16)6-7-13(12)17/h6-7,9-10,14,16-17H,4-5,8H2,1-3H3. The summed E-state index contributed by atoms with van der Waals surface area (Å²) in [6.45, 7) is 5.88. The second-order valence-electron chi connectivity index (χ2n) is 4.83. The first kappa shape index (κ1) is 16.3. The fourth-order valence-electron chi connectivity index (χ4n) is 1.67. The van der Waals surface area contributed by atoms with Crippen molar-refractivity contribution in [1.29, 1.82) is 0 Å². The van der Waals surface area contributed by atoms with Crippen LogP contribution >= 0.6 is 0 Å². The predicted octanol–water partition coefficient (Wildman–Crippen LogP) is 2.91. The lowest BCUT2D eigenvalue weighted by Crippen LogP contribution is -2.22. The number of phenolic OH excluding ortho intramolecular Hbond substituents is 2. The van der Waals surface area contributed by atoms with Gasteiger partial charge in [-0.25, -0.2) is 4.79 Å². The van der Waals surface area contributed by atoms with Crippen LogP contribution in [0.5, 0.6) is 11.5 Å². The third kappa shape index (κ3) is 4.74. The van der Waals surface area contributed by atoms with Crippen LogP contribution in [-0.4, -0.2) is 28.9 Å². The minimum absolute atomic E-state index is 0.0449. The van der Waals surface area contributed by atoms with E-state index in [1.165, 1.54) is 18.2 Å². The Morgan fingerprint density at radius 3 is 2.60 bits per heavy atom. The summed E-state index contributed by atoms with van der Waals surface area (Å²) >= 11 is 0. The molecule has 1 atom stereocenters. The number of carbonyl (C=O) groups is 1. The zero-order valence-corrected chi connectivity index (χ0v) is 12.1. The van der Waals surface area contributed by atoms with Gasteiger partial charge >= 0.3 is 5.97 Å². The minimum Gasteiger partial charge on any atom is -0.508 e. The zero-order valence-electron chi connectivity index (χ0n) is 12.1. The molecule has 20 heavy (non-hydrogen) atoms. The summed E-state index contributed by atoms with van der Waals surface area (Å²) in [5.74, 6) is -0.717. The van der Waals surface area contributed by atoms with E-state index in [-0.39, 0.29) is 23.2 Å². The molecule has 0 saturated carbocycles. The molecule has 0 aliphatic rings. The van der Waals surface area contributed by atoms with Crippen LogP contribution in [0.1, 0.15) is 45.3 Å². The number of carbonyl (C=O) groups excluding carboxylic acids is 1. The van der Waals surface area contributed by atoms with Crippen molar-refractivity contribution in [1.82, 2.24) is 0 Å². The molecule has 0 amide bonds. The maximum atomic E-state index is 12.1. The number of esters is 1. The fourth-order valence-corrected chi connectivity index (χ4v) is 1.67. The largest absolute Gasteiger partial charge is 0.508 e. The normalized spacial score (nSPS) is 12.4. The first-order valence-corrected chi connectivity index (χ1v) is 6.79. The number of hydrogen-bond acceptors (Lipinski definition) is 5. The molecule has 1 aromatic rings. The van der Waals surface area contributed by atoms with Gasteiger partial charge in [0.25, 0.3) is 0 Å². The molecule has 1 unspecified atom stereocenters. The van der Waals surface area contributed by atoms with E-state index in [0.29, 0.717) is 6.61 Å². The molecule has 112 valence electrons. The Bertz CT molecular complexity index is 442. The van der Waals surface area contributed by atoms with Crippen molar-refractivity contribution in [3.05, 3.63) is 23.8 Å². The molecule has 2 N–H and O–H groups in total. The van der Waals surface area contributed by atoms with Crippen LogP contribution in [0.15, 0.2) is 18.2 Å². The molecule has 0 aromatic heterocycles. The highest BCUT2D eigenvalue weighted by Crippen LogP contribution is 2.31. The molecule has 0 aliphatic carbocycles. The second kappa shape index (κ2) is 7.75. The lowest BCUT2D eigenvalue weighted by Gasteiger charge is -2.20. The molecular formula is C15H22O5. The third-order valence-electron chi connectivity index (χ3n) is 2.66. The van der Waals surface area contributed by atoms with E-state index in [1.807, 2.05) is 6.92 Å². The van der Waals surface area contributed by atoms with Gasteiger partial charge in [-0.3, -0.25) is 0 Å². The molecule has 5 heteroatoms. The maximum absolute atomic E-state index is 12.1. The van der Waals surface area contributed by atoms with Gasteiger partial charge < -0.3 is 19.7 Å². The van der Waals surface area contributed by atoms with Crippen molar-refractivity contribution < 1.29 is 24.5 Å². The molecule has 1 rings (SSSR count). The van der Waals surface area contributed by atoms with Crippen molar-refractivity contribution in [2.75, 3.05) is 6.61 Å². The first-order valence-electron chi connectivity index (χ1n) is 6.79. The summed E-state index contributed by atoms with van der Waals surface area (Å²) in [6.07, 6.45) is 0.423. The number of phenols is 2. The summed E-state index contributed by atoms with van der Waals surface area (Å²) in [4.78, 5) is 12.1. The highest BCUT2D eigenvalue weighted by atomic mass is 16.6. The minimum atomic E-state index is -1.04. The van der Waals surface area contributed by atoms with Gasteiger partial charge in [0, 0.05) is 5.56 Å². The Morgan fingerprint density at radius 1 is 1.30 bits per heavy atom. The van der Waals surface area contributed by atoms with Crippen molar-refractivity contribution in [2.24, 2.45) is 0 Å². The first-order chi connectivity index (χ1) is 9.45. The van der Waals surface area contributed by atoms with Crippen molar-refractivity contribution in [2.45, 2.75) is 45.8 Å². The molecule has 0 radical (unpaired) electrons. The van der Waals surface area contributed by atoms with Crippen molar-refractivity contribution in [3.8, 4) is 11.5 Å². The molecule has 0 bridgehead atoms. The molecule has 0 heterocycles. The number of hydrogen-bond donors (Lipinski definition) is 2. The smallest absolute Gasteiger partial charge is 0.340 e. The number of unbranched alkanes of at least 4 members (excludes halogenated alkanes) is 1. The highest BCUT2D eigenvalue weighted by molar-refractivity contribution is 5.77. The quantitative estimate of drug-likeness (QED) is 0.457. The monoisotopic (exact) mass is 282 g/mol. The Labute approximate surface area is 119 Å². The topological polar surface area (TPSA) is 76.0 Å². The second-order valence-corrected chi connectivity index (χ2v) is 4.83. The van der Waals surface area contributed by atoms with Crippen LogP contribution in [0, 0.1) is 0 Å². The predicted molar refractivity (Wildman–Crippen MR) is 74.6 cm³/mol. The molecule has 5 nitrogen and oxygen atoms in total. The van der Waals surface area contributed by atoms with Gasteiger partial charge in [0.1, 0.15) is 11.5 Å². The highest BCUT2D eigenvalue weighted by Gasteiger charge is 2.27. The van der Waals surface area contributed by atoms with Gasteiger partial charge in [-0.2, -0.15) is 0 Å². The van der Waals surface area contributed by atoms with Gasteiger partial charge in [-0.15, -0.1) is 0 Å². The van der Waals surface area contributed by atoms with Crippen LogP contribution < -0.4 is 0 Å². The van der Waals surface area contributed by atoms with E-state index < -0.39 is 12.1 Å². The lowest BCUT2D eigenvalue weighted by molar-refractivity contribution is -0.161. The summed E-state index contributed by atoms with van der Waals surface area (Å²) in [7, 11) is 0. The summed E-state index contributed by atoms with van der Waals surface area (Å²) in [5.41, 5.74) is 0.209. The molecule has 0 spiro atoms. The van der Waals surface area contributed by atoms with E-state index in [0.717, 1.165) is 12.8 Å². The van der Waals surface area contributed by atoms with E-state index in [4.69, 9.17) is 9.47 Å². The lowest BCUT2D eigenvalue weighted by atomic mass is 10.1.